The molecule has 1 aromatic carbocycles. The molecule has 1 aromatic rings. The minimum atomic E-state index is -0.338. The fourth-order valence-electron chi connectivity index (χ4n) is 2.67. The second-order valence-corrected chi connectivity index (χ2v) is 5.18. The third-order valence-corrected chi connectivity index (χ3v) is 3.84. The van der Waals surface area contributed by atoms with Crippen molar-refractivity contribution in [1.29, 1.82) is 0 Å². The van der Waals surface area contributed by atoms with Crippen LogP contribution in [0.1, 0.15) is 24.0 Å². The van der Waals surface area contributed by atoms with E-state index in [0.717, 1.165) is 32.4 Å². The average Bonchev–Trinajstić information content (AvgIpc) is 2.41. The lowest BCUT2D eigenvalue weighted by atomic mass is 9.74. The van der Waals surface area contributed by atoms with Crippen LogP contribution in [0.4, 0.5) is 0 Å². The van der Waals surface area contributed by atoms with Crippen LogP contribution in [0, 0.1) is 12.3 Å². The van der Waals surface area contributed by atoms with Gasteiger partial charge in [0.2, 0.25) is 0 Å². The molecule has 18 heavy (non-hydrogen) atoms. The van der Waals surface area contributed by atoms with Crippen LogP contribution in [0.5, 0.6) is 0 Å². The number of hydrogen-bond donors (Lipinski definition) is 1. The molecule has 0 spiro atoms. The quantitative estimate of drug-likeness (QED) is 0.831. The minimum Gasteiger partial charge on any atom is -0.469 e. The lowest BCUT2D eigenvalue weighted by Gasteiger charge is -2.35. The number of carbonyl (C=O) groups is 1. The van der Waals surface area contributed by atoms with Crippen LogP contribution in [-0.4, -0.2) is 26.2 Å². The molecule has 3 nitrogen and oxygen atoms in total. The average molecular weight is 247 g/mol. The Hall–Kier alpha value is -1.35. The van der Waals surface area contributed by atoms with Gasteiger partial charge < -0.3 is 10.1 Å². The van der Waals surface area contributed by atoms with E-state index in [2.05, 4.69) is 36.5 Å². The van der Waals surface area contributed by atoms with E-state index in [9.17, 15) is 4.79 Å². The van der Waals surface area contributed by atoms with E-state index in [1.165, 1.54) is 18.2 Å². The topological polar surface area (TPSA) is 38.3 Å². The van der Waals surface area contributed by atoms with Crippen LogP contribution in [0.3, 0.4) is 0 Å². The highest BCUT2D eigenvalue weighted by molar-refractivity contribution is 5.77. The van der Waals surface area contributed by atoms with Gasteiger partial charge in [-0.1, -0.05) is 29.8 Å². The molecular formula is C15H21NO2. The van der Waals surface area contributed by atoms with Gasteiger partial charge in [0, 0.05) is 0 Å². The van der Waals surface area contributed by atoms with Crippen LogP contribution in [0.15, 0.2) is 24.3 Å². The van der Waals surface area contributed by atoms with Gasteiger partial charge in [0.15, 0.2) is 0 Å². The van der Waals surface area contributed by atoms with Gasteiger partial charge in [-0.25, -0.2) is 0 Å². The van der Waals surface area contributed by atoms with Crippen molar-refractivity contribution >= 4 is 5.97 Å². The lowest BCUT2D eigenvalue weighted by Crippen LogP contribution is -2.44. The summed E-state index contributed by atoms with van der Waals surface area (Å²) in [5.41, 5.74) is 2.12. The van der Waals surface area contributed by atoms with Crippen LogP contribution in [0.2, 0.25) is 0 Å². The normalized spacial score (nSPS) is 18.3. The SMILES string of the molecule is COC(=O)C1(Cc2ccc(C)cc2)CCNCC1. The van der Waals surface area contributed by atoms with Gasteiger partial charge in [-0.05, 0) is 44.8 Å². The monoisotopic (exact) mass is 247 g/mol. The van der Waals surface area contributed by atoms with Crippen LogP contribution in [0.25, 0.3) is 0 Å². The lowest BCUT2D eigenvalue weighted by molar-refractivity contribution is -0.154. The van der Waals surface area contributed by atoms with Gasteiger partial charge >= 0.3 is 5.97 Å². The van der Waals surface area contributed by atoms with Crippen molar-refractivity contribution in [2.45, 2.75) is 26.2 Å². The predicted octanol–water partition coefficient (Wildman–Crippen LogP) is 2.08. The zero-order valence-corrected chi connectivity index (χ0v) is 11.2. The van der Waals surface area contributed by atoms with Gasteiger partial charge in [0.25, 0.3) is 0 Å². The maximum Gasteiger partial charge on any atom is 0.312 e. The Labute approximate surface area is 109 Å². The summed E-state index contributed by atoms with van der Waals surface area (Å²) in [5.74, 6) is -0.0652. The van der Waals surface area contributed by atoms with Crippen molar-refractivity contribution in [2.24, 2.45) is 5.41 Å². The van der Waals surface area contributed by atoms with Gasteiger partial charge in [0.1, 0.15) is 0 Å². The summed E-state index contributed by atoms with van der Waals surface area (Å²) in [5, 5.41) is 3.31. The molecule has 0 radical (unpaired) electrons. The molecule has 3 heteroatoms. The summed E-state index contributed by atoms with van der Waals surface area (Å²) in [7, 11) is 1.49. The van der Waals surface area contributed by atoms with Gasteiger partial charge in [-0.2, -0.15) is 0 Å². The molecule has 0 aromatic heterocycles. The van der Waals surface area contributed by atoms with E-state index in [-0.39, 0.29) is 11.4 Å². The van der Waals surface area contributed by atoms with Gasteiger partial charge in [-0.3, -0.25) is 4.79 Å². The number of piperidine rings is 1. The second kappa shape index (κ2) is 5.53. The number of rotatable bonds is 3. The fraction of sp³-hybridized carbons (Fsp3) is 0.533. The van der Waals surface area contributed by atoms with Crippen molar-refractivity contribution in [3.05, 3.63) is 35.4 Å². The van der Waals surface area contributed by atoms with Crippen LogP contribution in [-0.2, 0) is 16.0 Å². The van der Waals surface area contributed by atoms with E-state index in [0.29, 0.717) is 0 Å². The Balaban J connectivity index is 2.19. The molecule has 1 heterocycles. The Kier molecular flexibility index (Phi) is 4.02. The molecule has 1 saturated heterocycles. The number of aryl methyl sites for hydroxylation is 1. The molecule has 1 fully saturated rings. The Morgan fingerprint density at radius 2 is 1.89 bits per heavy atom. The van der Waals surface area contributed by atoms with E-state index in [1.54, 1.807) is 0 Å². The first-order valence-electron chi connectivity index (χ1n) is 6.51. The summed E-state index contributed by atoms with van der Waals surface area (Å²) >= 11 is 0. The number of nitrogens with one attached hydrogen (secondary N) is 1. The highest BCUT2D eigenvalue weighted by atomic mass is 16.5. The summed E-state index contributed by atoms with van der Waals surface area (Å²) in [6.07, 6.45) is 2.49. The summed E-state index contributed by atoms with van der Waals surface area (Å²) in [4.78, 5) is 12.1. The molecule has 1 N–H and O–H groups in total. The third-order valence-electron chi connectivity index (χ3n) is 3.84. The standard InChI is InChI=1S/C15H21NO2/c1-12-3-5-13(6-4-12)11-15(14(17)18-2)7-9-16-10-8-15/h3-6,16H,7-11H2,1-2H3. The molecule has 98 valence electrons. The highest BCUT2D eigenvalue weighted by Crippen LogP contribution is 2.34. The highest BCUT2D eigenvalue weighted by Gasteiger charge is 2.40. The molecule has 0 saturated carbocycles. The van der Waals surface area contributed by atoms with E-state index in [4.69, 9.17) is 4.74 Å². The molecular weight excluding hydrogens is 226 g/mol. The Morgan fingerprint density at radius 1 is 1.28 bits per heavy atom. The maximum absolute atomic E-state index is 12.1. The molecule has 0 amide bonds. The molecule has 2 rings (SSSR count). The summed E-state index contributed by atoms with van der Waals surface area (Å²) < 4.78 is 5.02. The smallest absolute Gasteiger partial charge is 0.312 e. The number of methoxy groups -OCH3 is 1. The van der Waals surface area contributed by atoms with Crippen molar-refractivity contribution in [1.82, 2.24) is 5.32 Å². The first-order chi connectivity index (χ1) is 8.66. The molecule has 1 aliphatic rings. The Morgan fingerprint density at radius 3 is 2.44 bits per heavy atom. The first-order valence-corrected chi connectivity index (χ1v) is 6.51. The number of ether oxygens (including phenoxy) is 1. The van der Waals surface area contributed by atoms with Crippen molar-refractivity contribution in [3.8, 4) is 0 Å². The summed E-state index contributed by atoms with van der Waals surface area (Å²) in [6.45, 7) is 3.85. The van der Waals surface area contributed by atoms with Crippen molar-refractivity contribution in [2.75, 3.05) is 20.2 Å². The molecule has 1 aliphatic heterocycles. The van der Waals surface area contributed by atoms with Gasteiger partial charge in [0.05, 0.1) is 12.5 Å². The second-order valence-electron chi connectivity index (χ2n) is 5.18. The third kappa shape index (κ3) is 2.72. The zero-order chi connectivity index (χ0) is 13.0. The molecule has 0 aliphatic carbocycles. The van der Waals surface area contributed by atoms with E-state index < -0.39 is 0 Å². The Bertz CT molecular complexity index is 405. The summed E-state index contributed by atoms with van der Waals surface area (Å²) in [6, 6.07) is 8.42. The predicted molar refractivity (Wildman–Crippen MR) is 71.4 cm³/mol. The van der Waals surface area contributed by atoms with Crippen LogP contribution < -0.4 is 5.32 Å². The number of esters is 1. The number of carbonyl (C=O) groups excluding carboxylic acids is 1. The fourth-order valence-corrected chi connectivity index (χ4v) is 2.67. The zero-order valence-electron chi connectivity index (χ0n) is 11.2. The minimum absolute atomic E-state index is 0.0652. The maximum atomic E-state index is 12.1. The van der Waals surface area contributed by atoms with E-state index >= 15 is 0 Å². The van der Waals surface area contributed by atoms with E-state index in [1.807, 2.05) is 0 Å². The molecule has 0 atom stereocenters. The molecule has 0 unspecified atom stereocenters. The molecule has 0 bridgehead atoms. The van der Waals surface area contributed by atoms with Crippen molar-refractivity contribution in [3.63, 3.8) is 0 Å². The van der Waals surface area contributed by atoms with Crippen LogP contribution >= 0.6 is 0 Å². The largest absolute Gasteiger partial charge is 0.469 e. The van der Waals surface area contributed by atoms with Gasteiger partial charge in [-0.15, -0.1) is 0 Å². The number of benzene rings is 1. The first kappa shape index (κ1) is 13.1. The van der Waals surface area contributed by atoms with Crippen molar-refractivity contribution < 1.29 is 9.53 Å². The number of hydrogen-bond acceptors (Lipinski definition) is 3.